The van der Waals surface area contributed by atoms with E-state index in [4.69, 9.17) is 14.2 Å². The molecule has 0 aliphatic rings. The van der Waals surface area contributed by atoms with Crippen LogP contribution in [0.15, 0.2) is 36.5 Å². The Balaban J connectivity index is 4.36. The number of esters is 2. The van der Waals surface area contributed by atoms with E-state index in [0.717, 1.165) is 70.6 Å². The summed E-state index contributed by atoms with van der Waals surface area (Å²) in [6.07, 6.45) is 41.8. The summed E-state index contributed by atoms with van der Waals surface area (Å²) in [7, 11) is 5.52. The molecule has 0 rings (SSSR count). The fourth-order valence-electron chi connectivity index (χ4n) is 6.40. The maximum Gasteiger partial charge on any atom is 0.362 e. The molecule has 8 nitrogen and oxygen atoms in total. The SMILES string of the molecule is CC/C=C/C/C=C/C/C=C/CCCCCCCCC(=O)OC(COCCC(C(=O)O)[N+](C)(C)C)COC(=O)CCCCCCCCCCCCCCCC. The monoisotopic (exact) mass is 763 g/mol. The molecule has 0 aromatic heterocycles. The number of nitrogens with zero attached hydrogens (tertiary/aromatic N) is 1. The molecule has 54 heavy (non-hydrogen) atoms. The number of quaternary nitrogens is 1. The Morgan fingerprint density at radius 1 is 0.574 bits per heavy atom. The molecule has 2 atom stereocenters. The molecule has 1 N–H and O–H groups in total. The van der Waals surface area contributed by atoms with Crippen LogP contribution in [0.5, 0.6) is 0 Å². The van der Waals surface area contributed by atoms with Gasteiger partial charge in [0.15, 0.2) is 12.1 Å². The van der Waals surface area contributed by atoms with Crippen molar-refractivity contribution in [1.82, 2.24) is 0 Å². The van der Waals surface area contributed by atoms with Crippen molar-refractivity contribution in [2.75, 3.05) is 41.0 Å². The van der Waals surface area contributed by atoms with Crippen molar-refractivity contribution in [3.8, 4) is 0 Å². The van der Waals surface area contributed by atoms with Gasteiger partial charge in [0, 0.05) is 19.3 Å². The Hall–Kier alpha value is -2.45. The zero-order valence-electron chi connectivity index (χ0n) is 35.7. The molecule has 0 bridgehead atoms. The molecule has 0 aromatic rings. The number of hydrogen-bond acceptors (Lipinski definition) is 6. The number of unbranched alkanes of at least 4 members (excludes halogenated alkanes) is 19. The van der Waals surface area contributed by atoms with E-state index in [-0.39, 0.29) is 36.2 Å². The highest BCUT2D eigenvalue weighted by Gasteiger charge is 2.31. The quantitative estimate of drug-likeness (QED) is 0.0288. The van der Waals surface area contributed by atoms with Crippen molar-refractivity contribution in [3.63, 3.8) is 0 Å². The smallest absolute Gasteiger partial charge is 0.362 e. The van der Waals surface area contributed by atoms with E-state index in [2.05, 4.69) is 50.3 Å². The normalized spacial score (nSPS) is 13.3. The van der Waals surface area contributed by atoms with Crippen molar-refractivity contribution < 1.29 is 38.2 Å². The maximum absolute atomic E-state index is 12.7. The lowest BCUT2D eigenvalue weighted by Gasteiger charge is -2.31. The van der Waals surface area contributed by atoms with Gasteiger partial charge in [0.1, 0.15) is 6.61 Å². The molecule has 0 spiro atoms. The summed E-state index contributed by atoms with van der Waals surface area (Å²) in [6, 6.07) is -0.615. The summed E-state index contributed by atoms with van der Waals surface area (Å²) >= 11 is 0. The molecule has 0 heterocycles. The standard InChI is InChI=1S/C46H83NO7/c1-6-8-10-12-14-16-18-20-22-23-25-27-29-31-33-35-37-45(49)54-42(40-52-39-38-43(46(50)51)47(3,4)5)41-53-44(48)36-34-32-30-28-26-24-21-19-17-15-13-11-9-7-2/h8,10,14,16,20,22,42-43H,6-7,9,11-13,15,17-19,21,23-41H2,1-5H3/p+1/b10-8+,16-14+,22-20+. The number of carbonyl (C=O) groups is 3. The van der Waals surface area contributed by atoms with E-state index >= 15 is 0 Å². The molecule has 0 saturated carbocycles. The Morgan fingerprint density at radius 2 is 1.04 bits per heavy atom. The summed E-state index contributed by atoms with van der Waals surface area (Å²) < 4.78 is 17.3. The molecular formula is C46H84NO7+. The number of carbonyl (C=O) groups excluding carboxylic acids is 2. The molecule has 0 aliphatic carbocycles. The van der Waals surface area contributed by atoms with Crippen LogP contribution in [0, 0.1) is 0 Å². The zero-order valence-corrected chi connectivity index (χ0v) is 35.7. The average Bonchev–Trinajstić information content (AvgIpc) is 3.12. The minimum absolute atomic E-state index is 0.0537. The van der Waals surface area contributed by atoms with Crippen molar-refractivity contribution in [3.05, 3.63) is 36.5 Å². The van der Waals surface area contributed by atoms with Gasteiger partial charge in [0.05, 0.1) is 34.4 Å². The number of carboxylic acids is 1. The fourth-order valence-corrected chi connectivity index (χ4v) is 6.40. The van der Waals surface area contributed by atoms with Crippen molar-refractivity contribution >= 4 is 17.9 Å². The predicted molar refractivity (Wildman–Crippen MR) is 225 cm³/mol. The Bertz CT molecular complexity index is 984. The molecule has 8 heteroatoms. The van der Waals surface area contributed by atoms with Gasteiger partial charge >= 0.3 is 17.9 Å². The minimum atomic E-state index is -0.877. The van der Waals surface area contributed by atoms with Crippen LogP contribution in [0.4, 0.5) is 0 Å². The Labute approximate surface area is 332 Å². The molecular weight excluding hydrogens is 679 g/mol. The highest BCUT2D eigenvalue weighted by molar-refractivity contribution is 5.72. The second kappa shape index (κ2) is 37.5. The summed E-state index contributed by atoms with van der Waals surface area (Å²) in [4.78, 5) is 37.0. The van der Waals surface area contributed by atoms with Crippen LogP contribution >= 0.6 is 0 Å². The molecule has 0 aromatic carbocycles. The number of rotatable bonds is 39. The van der Waals surface area contributed by atoms with E-state index in [1.54, 1.807) is 0 Å². The summed E-state index contributed by atoms with van der Waals surface area (Å²) in [6.45, 7) is 4.62. The van der Waals surface area contributed by atoms with E-state index in [9.17, 15) is 19.5 Å². The van der Waals surface area contributed by atoms with E-state index in [0.29, 0.717) is 19.3 Å². The largest absolute Gasteiger partial charge is 0.477 e. The van der Waals surface area contributed by atoms with Crippen LogP contribution in [-0.4, -0.2) is 80.6 Å². The van der Waals surface area contributed by atoms with Gasteiger partial charge in [-0.3, -0.25) is 9.59 Å². The van der Waals surface area contributed by atoms with E-state index in [1.807, 2.05) is 21.1 Å². The summed E-state index contributed by atoms with van der Waals surface area (Å²) in [5.41, 5.74) is 0. The molecule has 0 amide bonds. The number of aliphatic carboxylic acids is 1. The van der Waals surface area contributed by atoms with Crippen LogP contribution < -0.4 is 0 Å². The Kier molecular flexibility index (Phi) is 35.8. The number of likely N-dealkylation sites (N-methyl/N-ethyl adjacent to an activating group) is 1. The van der Waals surface area contributed by atoms with Crippen molar-refractivity contribution in [1.29, 1.82) is 0 Å². The average molecular weight is 763 g/mol. The van der Waals surface area contributed by atoms with Crippen LogP contribution in [0.25, 0.3) is 0 Å². The first-order chi connectivity index (χ1) is 26.1. The summed E-state index contributed by atoms with van der Waals surface area (Å²) in [5.74, 6) is -1.48. The maximum atomic E-state index is 12.7. The topological polar surface area (TPSA) is 99.1 Å². The van der Waals surface area contributed by atoms with Gasteiger partial charge < -0.3 is 23.8 Å². The van der Waals surface area contributed by atoms with Gasteiger partial charge in [0.25, 0.3) is 0 Å². The second-order valence-electron chi connectivity index (χ2n) is 15.9. The van der Waals surface area contributed by atoms with Crippen molar-refractivity contribution in [2.24, 2.45) is 0 Å². The van der Waals surface area contributed by atoms with Gasteiger partial charge in [-0.25, -0.2) is 4.79 Å². The van der Waals surface area contributed by atoms with Crippen LogP contribution in [0.2, 0.25) is 0 Å². The van der Waals surface area contributed by atoms with Gasteiger partial charge in [-0.1, -0.05) is 159 Å². The highest BCUT2D eigenvalue weighted by Crippen LogP contribution is 2.15. The van der Waals surface area contributed by atoms with E-state index < -0.39 is 18.1 Å². The number of hydrogen-bond donors (Lipinski definition) is 1. The summed E-state index contributed by atoms with van der Waals surface area (Å²) in [5, 5.41) is 9.61. The number of carboxylic acid groups (broad SMARTS) is 1. The van der Waals surface area contributed by atoms with E-state index in [1.165, 1.54) is 83.5 Å². The lowest BCUT2D eigenvalue weighted by Crippen LogP contribution is -2.50. The Morgan fingerprint density at radius 3 is 1.54 bits per heavy atom. The molecule has 314 valence electrons. The molecule has 2 unspecified atom stereocenters. The third-order valence-electron chi connectivity index (χ3n) is 9.80. The zero-order chi connectivity index (χ0) is 40.0. The number of ether oxygens (including phenoxy) is 3. The second-order valence-corrected chi connectivity index (χ2v) is 15.9. The van der Waals surface area contributed by atoms with Gasteiger partial charge in [0.2, 0.25) is 0 Å². The van der Waals surface area contributed by atoms with Gasteiger partial charge in [-0.05, 0) is 44.9 Å². The van der Waals surface area contributed by atoms with Crippen LogP contribution in [0.3, 0.4) is 0 Å². The first-order valence-electron chi connectivity index (χ1n) is 22.0. The molecule has 0 radical (unpaired) electrons. The third-order valence-corrected chi connectivity index (χ3v) is 9.80. The lowest BCUT2D eigenvalue weighted by molar-refractivity contribution is -0.887. The molecule has 0 fully saturated rings. The predicted octanol–water partition coefficient (Wildman–Crippen LogP) is 11.9. The molecule has 0 saturated heterocycles. The first kappa shape index (κ1) is 51.5. The third kappa shape index (κ3) is 35.3. The van der Waals surface area contributed by atoms with Gasteiger partial charge in [-0.2, -0.15) is 0 Å². The van der Waals surface area contributed by atoms with Gasteiger partial charge in [-0.15, -0.1) is 0 Å². The fraction of sp³-hybridized carbons (Fsp3) is 0.804. The molecule has 0 aliphatic heterocycles. The number of allylic oxidation sites excluding steroid dienone is 6. The highest BCUT2D eigenvalue weighted by atomic mass is 16.6. The minimum Gasteiger partial charge on any atom is -0.477 e. The van der Waals surface area contributed by atoms with Crippen LogP contribution in [-0.2, 0) is 28.6 Å². The van der Waals surface area contributed by atoms with Crippen molar-refractivity contribution in [2.45, 2.75) is 199 Å². The lowest BCUT2D eigenvalue weighted by atomic mass is 10.0. The first-order valence-corrected chi connectivity index (χ1v) is 22.0. The van der Waals surface area contributed by atoms with Crippen LogP contribution in [0.1, 0.15) is 187 Å².